The molecule has 484 valence electrons. The molecule has 3 atom stereocenters. The highest BCUT2D eigenvalue weighted by atomic mass is 79.9. The Hall–Kier alpha value is -7.37. The number of rotatable bonds is 18. The summed E-state index contributed by atoms with van der Waals surface area (Å²) in [5.74, 6) is 3.26. The zero-order chi connectivity index (χ0) is 64.7. The van der Waals surface area contributed by atoms with Crippen LogP contribution in [0.3, 0.4) is 0 Å². The number of halogens is 4. The third-order valence-corrected chi connectivity index (χ3v) is 21.5. The second-order valence-electron chi connectivity index (χ2n) is 22.1. The van der Waals surface area contributed by atoms with Crippen LogP contribution in [0.4, 0.5) is 48.5 Å². The van der Waals surface area contributed by atoms with Crippen LogP contribution in [-0.2, 0) is 14.2 Å². The normalized spacial score (nSPS) is 19.3. The van der Waals surface area contributed by atoms with E-state index in [1.54, 1.807) is 39.0 Å². The molecular formula is C64H62Br2Cl2N12O9S4. The zero-order valence-electron chi connectivity index (χ0n) is 50.0. The molecule has 7 aliphatic rings. The van der Waals surface area contributed by atoms with Gasteiger partial charge < -0.3 is 44.9 Å². The van der Waals surface area contributed by atoms with E-state index in [2.05, 4.69) is 84.4 Å². The second-order valence-corrected chi connectivity index (χ2v) is 30.5. The first kappa shape index (κ1) is 65.7. The minimum Gasteiger partial charge on any atom is -0.442 e. The van der Waals surface area contributed by atoms with Crippen LogP contribution in [0.15, 0.2) is 144 Å². The van der Waals surface area contributed by atoms with Crippen molar-refractivity contribution in [2.24, 2.45) is 20.9 Å². The lowest BCUT2D eigenvalue weighted by molar-refractivity contribution is 0.0915. The van der Waals surface area contributed by atoms with Crippen LogP contribution < -0.4 is 45.3 Å². The number of carbonyl (C=O) groups is 6. The Balaban J connectivity index is 0.000000134. The summed E-state index contributed by atoms with van der Waals surface area (Å²) in [6.45, 7) is 9.17. The number of nitrogens with zero attached hydrogens (tertiary/aromatic N) is 9. The van der Waals surface area contributed by atoms with E-state index >= 15 is 0 Å². The highest BCUT2D eigenvalue weighted by Gasteiger charge is 2.37. The van der Waals surface area contributed by atoms with Gasteiger partial charge in [-0.1, -0.05) is 30.1 Å². The van der Waals surface area contributed by atoms with Crippen LogP contribution in [-0.4, -0.2) is 150 Å². The summed E-state index contributed by atoms with van der Waals surface area (Å²) < 4.78 is 19.4. The monoisotopic (exact) mass is 1500 g/mol. The van der Waals surface area contributed by atoms with Gasteiger partial charge in [-0.15, -0.1) is 45.3 Å². The van der Waals surface area contributed by atoms with Gasteiger partial charge in [0.05, 0.1) is 88.1 Å². The molecule has 1 aliphatic carbocycles. The number of amidine groups is 3. The van der Waals surface area contributed by atoms with Gasteiger partial charge in [0.1, 0.15) is 35.8 Å². The van der Waals surface area contributed by atoms with Crippen LogP contribution >= 0.6 is 100 Å². The molecule has 4 fully saturated rings. The van der Waals surface area contributed by atoms with Crippen LogP contribution in [0.2, 0.25) is 8.67 Å². The van der Waals surface area contributed by atoms with E-state index in [4.69, 9.17) is 37.4 Å². The van der Waals surface area contributed by atoms with Crippen molar-refractivity contribution in [3.8, 4) is 0 Å². The molecule has 0 bridgehead atoms. The van der Waals surface area contributed by atoms with Crippen molar-refractivity contribution in [2.75, 3.05) is 108 Å². The van der Waals surface area contributed by atoms with Gasteiger partial charge in [0.2, 0.25) is 0 Å². The van der Waals surface area contributed by atoms with E-state index in [9.17, 15) is 28.8 Å². The number of amides is 6. The Morgan fingerprint density at radius 2 is 0.892 bits per heavy atom. The largest absolute Gasteiger partial charge is 0.442 e. The molecule has 0 unspecified atom stereocenters. The second kappa shape index (κ2) is 29.9. The Morgan fingerprint density at radius 3 is 1.31 bits per heavy atom. The van der Waals surface area contributed by atoms with E-state index in [-0.39, 0.29) is 49.6 Å². The fraction of sp³-hybridized carbons (Fsp3) is 0.328. The number of nitrogens with one attached hydrogen (secondary N) is 3. The Labute approximate surface area is 579 Å². The number of anilines is 6. The van der Waals surface area contributed by atoms with E-state index in [1.165, 1.54) is 64.0 Å². The van der Waals surface area contributed by atoms with Crippen molar-refractivity contribution >= 4 is 188 Å². The van der Waals surface area contributed by atoms with Gasteiger partial charge >= 0.3 is 18.3 Å². The summed E-state index contributed by atoms with van der Waals surface area (Å²) in [4.78, 5) is 102. The van der Waals surface area contributed by atoms with E-state index < -0.39 is 24.4 Å². The maximum atomic E-state index is 12.4. The summed E-state index contributed by atoms with van der Waals surface area (Å²) in [6.07, 6.45) is 1.98. The molecule has 10 heterocycles. The number of aliphatic imine (C=N–C) groups is 3. The predicted octanol–water partition coefficient (Wildman–Crippen LogP) is 13.3. The minimum atomic E-state index is -0.419. The maximum absolute atomic E-state index is 12.4. The molecule has 0 spiro atoms. The Kier molecular flexibility index (Phi) is 21.1. The highest BCUT2D eigenvalue weighted by molar-refractivity contribution is 9.11. The number of thiophene rings is 4. The van der Waals surface area contributed by atoms with Gasteiger partial charge in [-0.3, -0.25) is 44.1 Å². The Bertz CT molecular complexity index is 3990. The topological polar surface area (TPSA) is 223 Å². The number of benzene rings is 3. The molecule has 21 nitrogen and oxygen atoms in total. The minimum absolute atomic E-state index is 0.164. The third-order valence-electron chi connectivity index (χ3n) is 15.8. The number of carbonyl (C=O) groups excluding carboxylic acids is 6. The lowest BCUT2D eigenvalue weighted by Crippen LogP contribution is -2.35. The van der Waals surface area contributed by atoms with Gasteiger partial charge in [0.25, 0.3) is 17.7 Å². The van der Waals surface area contributed by atoms with Crippen molar-refractivity contribution in [1.29, 1.82) is 0 Å². The molecule has 7 aromatic rings. The van der Waals surface area contributed by atoms with Crippen LogP contribution in [0.1, 0.15) is 66.5 Å². The van der Waals surface area contributed by atoms with Crippen molar-refractivity contribution in [1.82, 2.24) is 16.0 Å². The number of ether oxygens (including phenoxy) is 3. The van der Waals surface area contributed by atoms with E-state index in [1.807, 2.05) is 97.1 Å². The lowest BCUT2D eigenvalue weighted by atomic mass is 10.2. The van der Waals surface area contributed by atoms with Crippen molar-refractivity contribution < 1.29 is 43.0 Å². The summed E-state index contributed by atoms with van der Waals surface area (Å²) >= 11 is 24.1. The molecule has 3 N–H and O–H groups in total. The summed E-state index contributed by atoms with van der Waals surface area (Å²) in [6, 6.07) is 38.0. The number of hydrogen-bond donors (Lipinski definition) is 3. The lowest BCUT2D eigenvalue weighted by Gasteiger charge is -2.29. The molecule has 6 aliphatic heterocycles. The summed E-state index contributed by atoms with van der Waals surface area (Å²) in [7, 11) is 0. The molecule has 3 aromatic carbocycles. The van der Waals surface area contributed by atoms with Gasteiger partial charge in [-0.05, 0) is 172 Å². The van der Waals surface area contributed by atoms with Gasteiger partial charge in [0, 0.05) is 72.6 Å². The fourth-order valence-corrected chi connectivity index (χ4v) is 15.8. The molecular weight excluding hydrogens is 1440 g/mol. The smallest absolute Gasteiger partial charge is 0.414 e. The third kappa shape index (κ3) is 16.1. The van der Waals surface area contributed by atoms with E-state index in [0.29, 0.717) is 44.5 Å². The standard InChI is InChI=1S/C22H18BrClN4O3S2.C21H21BrN4O3S.C21H23ClN4O3S/c23-18-7-5-17(32-18)21(29)26-11-15-12-28(22(30)31-15)14-3-1-13(2-4-14)27-10-9-25-20(27)16-6-8-19(24)33-16;22-18-8-7-17(30-18)20(27)24-11-16-12-26(21(28)29-16)15-5-3-14(4-6-15)25-10-9-23-19(25)13-1-2-13;1-2-19-23-10-3-11-25(19)14-4-6-15(7-5-14)26-13-16(29-21(26)28)12-24-20(27)17-8-9-18(22)30-17/h1-8,15H,9-12H2,(H,26,29);3-8,13,16H,1-2,9-12H2,(H,24,27);4-9,16H,2-3,10-13H2,1H3,(H,24,27)/t15-;2*16-/m000/s1. The maximum Gasteiger partial charge on any atom is 0.414 e. The molecule has 14 rings (SSSR count). The number of hydrogen-bond acceptors (Lipinski definition) is 19. The van der Waals surface area contributed by atoms with Gasteiger partial charge in [-0.2, -0.15) is 0 Å². The SMILES string of the molecule is CCC1=NCCCN1c1ccc(N2C[C@H](CNC(=O)c3ccc(Cl)s3)OC2=O)cc1.O=C(NC[C@H]1CN(c2ccc(N3CCN=C3C3CC3)cc2)C(=O)O1)c1ccc(Br)s1.O=C(NC[C@H]1CN(c2ccc(N3CCN=C3c3ccc(Cl)s3)cc2)C(=O)O1)c1ccc(Br)s1. The molecule has 93 heavy (non-hydrogen) atoms. The number of cyclic esters (lactones) is 3. The molecule has 6 amide bonds. The van der Waals surface area contributed by atoms with Crippen molar-refractivity contribution in [3.63, 3.8) is 0 Å². The fourth-order valence-electron chi connectivity index (χ4n) is 11.1. The quantitative estimate of drug-likeness (QED) is 0.0683. The summed E-state index contributed by atoms with van der Waals surface area (Å²) in [5.41, 5.74) is 5.50. The first-order valence-corrected chi connectivity index (χ1v) is 35.8. The van der Waals surface area contributed by atoms with Gasteiger partial charge in [-0.25, -0.2) is 14.4 Å². The average Bonchev–Trinajstić information content (AvgIpc) is 1.80. The van der Waals surface area contributed by atoms with Crippen molar-refractivity contribution in [3.05, 3.63) is 157 Å². The van der Waals surface area contributed by atoms with Crippen LogP contribution in [0.25, 0.3) is 0 Å². The van der Waals surface area contributed by atoms with Crippen molar-refractivity contribution in [2.45, 2.75) is 50.9 Å². The van der Waals surface area contributed by atoms with Crippen LogP contribution in [0.5, 0.6) is 0 Å². The molecule has 4 aromatic heterocycles. The molecule has 29 heteroatoms. The molecule has 0 radical (unpaired) electrons. The Morgan fingerprint density at radius 1 is 0.484 bits per heavy atom. The van der Waals surface area contributed by atoms with E-state index in [0.717, 1.165) is 115 Å². The first-order valence-electron chi connectivity index (χ1n) is 30.2. The molecule has 1 saturated carbocycles. The molecule has 3 saturated heterocycles. The van der Waals surface area contributed by atoms with Gasteiger partial charge in [0.15, 0.2) is 0 Å². The average molecular weight is 1500 g/mol. The predicted molar refractivity (Wildman–Crippen MR) is 378 cm³/mol. The summed E-state index contributed by atoms with van der Waals surface area (Å²) in [5, 5.41) is 8.47. The first-order chi connectivity index (χ1) is 45.1. The highest BCUT2D eigenvalue weighted by Crippen LogP contribution is 2.37. The zero-order valence-corrected chi connectivity index (χ0v) is 58.0. The van der Waals surface area contributed by atoms with Crippen LogP contribution in [0, 0.1) is 5.92 Å².